The van der Waals surface area contributed by atoms with Gasteiger partial charge in [0.25, 0.3) is 0 Å². The lowest BCUT2D eigenvalue weighted by molar-refractivity contribution is -0.158. The predicted molar refractivity (Wildman–Crippen MR) is 106 cm³/mol. The highest BCUT2D eigenvalue weighted by atomic mass is 16.4. The average molecular weight is 446 g/mol. The Morgan fingerprint density at radius 2 is 0.906 bits per heavy atom. The Morgan fingerprint density at radius 1 is 0.656 bits per heavy atom. The fraction of sp³-hybridized carbons (Fsp3) is 0.636. The van der Waals surface area contributed by atoms with E-state index in [0.717, 1.165) is 9.80 Å². The van der Waals surface area contributed by atoms with Gasteiger partial charge in [0.2, 0.25) is 23.6 Å². The molecule has 2 N–H and O–H groups in total. The molecule has 4 unspecified atom stereocenters. The zero-order valence-electron chi connectivity index (χ0n) is 18.2. The fourth-order valence-electron chi connectivity index (χ4n) is 6.21. The van der Waals surface area contributed by atoms with Crippen molar-refractivity contribution in [3.63, 3.8) is 0 Å². The maximum absolute atomic E-state index is 13.3. The summed E-state index contributed by atoms with van der Waals surface area (Å²) in [6.07, 6.45) is 3.32. The summed E-state index contributed by atoms with van der Waals surface area (Å²) in [5.41, 5.74) is 0. The van der Waals surface area contributed by atoms with E-state index >= 15 is 0 Å². The van der Waals surface area contributed by atoms with Crippen molar-refractivity contribution >= 4 is 35.6 Å². The van der Waals surface area contributed by atoms with Gasteiger partial charge in [-0.25, -0.2) is 9.59 Å². The van der Waals surface area contributed by atoms with Gasteiger partial charge in [-0.05, 0) is 11.8 Å². The van der Waals surface area contributed by atoms with Gasteiger partial charge in [-0.3, -0.25) is 29.0 Å². The Balaban J connectivity index is 1.75. The summed E-state index contributed by atoms with van der Waals surface area (Å²) in [7, 11) is 0. The number of allylic oxidation sites excluding steroid dienone is 2. The third kappa shape index (κ3) is 2.70. The molecule has 3 fully saturated rings. The van der Waals surface area contributed by atoms with Gasteiger partial charge in [0.1, 0.15) is 12.1 Å². The highest BCUT2D eigenvalue weighted by Crippen LogP contribution is 2.58. The lowest BCUT2D eigenvalue weighted by atomic mass is 9.54. The van der Waals surface area contributed by atoms with E-state index in [2.05, 4.69) is 0 Å². The minimum Gasteiger partial charge on any atom is -0.480 e. The fourth-order valence-corrected chi connectivity index (χ4v) is 6.21. The van der Waals surface area contributed by atoms with Crippen molar-refractivity contribution in [2.45, 2.75) is 39.8 Å². The first-order valence-corrected chi connectivity index (χ1v) is 10.8. The van der Waals surface area contributed by atoms with Crippen molar-refractivity contribution in [2.24, 2.45) is 47.3 Å². The van der Waals surface area contributed by atoms with E-state index in [4.69, 9.17) is 0 Å². The number of nitrogens with zero attached hydrogens (tertiary/aromatic N) is 2. The van der Waals surface area contributed by atoms with E-state index < -0.39 is 95.0 Å². The largest absolute Gasteiger partial charge is 0.480 e. The zero-order chi connectivity index (χ0) is 23.8. The molecule has 2 heterocycles. The lowest BCUT2D eigenvalue weighted by Crippen LogP contribution is -2.50. The lowest BCUT2D eigenvalue weighted by Gasteiger charge is -2.44. The first kappa shape index (κ1) is 22.2. The first-order chi connectivity index (χ1) is 14.9. The van der Waals surface area contributed by atoms with Crippen LogP contribution in [-0.2, 0) is 28.8 Å². The normalized spacial score (nSPS) is 35.1. The van der Waals surface area contributed by atoms with E-state index in [1.807, 2.05) is 0 Å². The van der Waals surface area contributed by atoms with Gasteiger partial charge in [-0.1, -0.05) is 39.8 Å². The first-order valence-electron chi connectivity index (χ1n) is 10.8. The summed E-state index contributed by atoms with van der Waals surface area (Å²) in [4.78, 5) is 78.5. The summed E-state index contributed by atoms with van der Waals surface area (Å²) in [6, 6.07) is -2.67. The second-order valence-corrected chi connectivity index (χ2v) is 9.79. The molecule has 5 rings (SSSR count). The van der Waals surface area contributed by atoms with Crippen LogP contribution in [0.1, 0.15) is 27.7 Å². The monoisotopic (exact) mass is 446 g/mol. The Labute approximate surface area is 184 Å². The number of carboxylic acid groups (broad SMARTS) is 2. The Kier molecular flexibility index (Phi) is 5.02. The van der Waals surface area contributed by atoms with E-state index in [0.29, 0.717) is 0 Å². The van der Waals surface area contributed by atoms with E-state index in [-0.39, 0.29) is 0 Å². The number of aliphatic carboxylic acids is 2. The number of hydrogen-bond acceptors (Lipinski definition) is 6. The SMILES string of the molecule is CC(C)[C@@H](C(=O)O)N1C(=O)C2C3C=CC(C2C1=O)C1C(=O)N([C@H](C(=O)O)C(C)C)C(=O)C31. The second kappa shape index (κ2) is 7.25. The predicted octanol–water partition coefficient (Wildman–Crippen LogP) is 0.223. The van der Waals surface area contributed by atoms with Gasteiger partial charge in [-0.15, -0.1) is 0 Å². The van der Waals surface area contributed by atoms with Gasteiger partial charge in [-0.2, -0.15) is 0 Å². The van der Waals surface area contributed by atoms with Gasteiger partial charge in [0, 0.05) is 11.8 Å². The Bertz CT molecular complexity index is 849. The Hall–Kier alpha value is -3.04. The van der Waals surface area contributed by atoms with Crippen molar-refractivity contribution in [1.82, 2.24) is 9.80 Å². The van der Waals surface area contributed by atoms with Crippen molar-refractivity contribution in [1.29, 1.82) is 0 Å². The molecular weight excluding hydrogens is 420 g/mol. The van der Waals surface area contributed by atoms with Crippen LogP contribution in [0.4, 0.5) is 0 Å². The van der Waals surface area contributed by atoms with Gasteiger partial charge < -0.3 is 10.2 Å². The zero-order valence-corrected chi connectivity index (χ0v) is 18.2. The molecule has 3 aliphatic carbocycles. The maximum atomic E-state index is 13.3. The van der Waals surface area contributed by atoms with Crippen LogP contribution in [0, 0.1) is 47.3 Å². The van der Waals surface area contributed by atoms with Crippen LogP contribution >= 0.6 is 0 Å². The summed E-state index contributed by atoms with van der Waals surface area (Å²) in [5.74, 6) is -11.4. The van der Waals surface area contributed by atoms with Crippen molar-refractivity contribution in [3.05, 3.63) is 12.2 Å². The minimum atomic E-state index is -1.33. The molecule has 5 aliphatic rings. The number of carbonyl (C=O) groups excluding carboxylic acids is 4. The third-order valence-electron chi connectivity index (χ3n) is 7.40. The number of carboxylic acids is 2. The molecule has 2 saturated heterocycles. The summed E-state index contributed by atoms with van der Waals surface area (Å²) < 4.78 is 0. The van der Waals surface area contributed by atoms with E-state index in [9.17, 15) is 39.0 Å². The second-order valence-electron chi connectivity index (χ2n) is 9.79. The minimum absolute atomic E-state index is 0.521. The van der Waals surface area contributed by atoms with Crippen LogP contribution in [0.5, 0.6) is 0 Å². The quantitative estimate of drug-likeness (QED) is 0.435. The molecule has 4 amide bonds. The number of hydrogen-bond donors (Lipinski definition) is 2. The van der Waals surface area contributed by atoms with E-state index in [1.165, 1.54) is 0 Å². The summed E-state index contributed by atoms with van der Waals surface area (Å²) >= 11 is 0. The number of likely N-dealkylation sites (tertiary alicyclic amines) is 2. The molecule has 6 atom stereocenters. The Morgan fingerprint density at radius 3 is 1.09 bits per heavy atom. The van der Waals surface area contributed by atoms with Crippen LogP contribution in [0.3, 0.4) is 0 Å². The highest BCUT2D eigenvalue weighted by molar-refractivity contribution is 6.13. The molecule has 10 heteroatoms. The number of amides is 4. The molecule has 0 aromatic rings. The van der Waals surface area contributed by atoms with Crippen LogP contribution in [0.25, 0.3) is 0 Å². The molecule has 0 aromatic heterocycles. The number of rotatable bonds is 6. The average Bonchev–Trinajstić information content (AvgIpc) is 3.11. The maximum Gasteiger partial charge on any atom is 0.327 e. The van der Waals surface area contributed by atoms with Gasteiger partial charge in [0.15, 0.2) is 0 Å². The van der Waals surface area contributed by atoms with Crippen molar-refractivity contribution < 1.29 is 39.0 Å². The topological polar surface area (TPSA) is 149 Å². The molecule has 0 aromatic carbocycles. The van der Waals surface area contributed by atoms with Crippen LogP contribution in [0.15, 0.2) is 12.2 Å². The highest BCUT2D eigenvalue weighted by Gasteiger charge is 2.70. The van der Waals surface area contributed by atoms with E-state index in [1.54, 1.807) is 39.8 Å². The molecule has 2 aliphatic heterocycles. The molecule has 32 heavy (non-hydrogen) atoms. The molecule has 2 bridgehead atoms. The van der Waals surface area contributed by atoms with Gasteiger partial charge in [0.05, 0.1) is 23.7 Å². The van der Waals surface area contributed by atoms with Crippen LogP contribution in [-0.4, -0.2) is 67.7 Å². The molecule has 172 valence electrons. The van der Waals surface area contributed by atoms with Crippen molar-refractivity contribution in [2.75, 3.05) is 0 Å². The smallest absolute Gasteiger partial charge is 0.327 e. The van der Waals surface area contributed by atoms with Crippen LogP contribution < -0.4 is 0 Å². The van der Waals surface area contributed by atoms with Gasteiger partial charge >= 0.3 is 11.9 Å². The number of imide groups is 2. The number of carbonyl (C=O) groups is 6. The summed E-state index contributed by atoms with van der Waals surface area (Å²) in [6.45, 7) is 6.41. The standard InChI is InChI=1S/C22H26N2O8/c1-7(2)15(21(29)30)23-17(25)11-9-5-6-10(12(11)18(23)26)14-13(9)19(27)24(20(14)28)16(8(3)4)22(31)32/h5-16H,1-4H3,(H,29,30)(H,31,32)/t9?,10?,11?,12?,13?,14?,15-,16-/m0/s1. The summed E-state index contributed by atoms with van der Waals surface area (Å²) in [5, 5.41) is 19.3. The molecule has 0 radical (unpaired) electrons. The van der Waals surface area contributed by atoms with Crippen LogP contribution in [0.2, 0.25) is 0 Å². The molecule has 10 nitrogen and oxygen atoms in total. The third-order valence-corrected chi connectivity index (χ3v) is 7.40. The molecule has 1 saturated carbocycles. The molecule has 0 spiro atoms. The molecular formula is C22H26N2O8. The van der Waals surface area contributed by atoms with Crippen molar-refractivity contribution in [3.8, 4) is 0 Å².